The molecule has 0 bridgehead atoms. The summed E-state index contributed by atoms with van der Waals surface area (Å²) < 4.78 is 0. The third-order valence-corrected chi connectivity index (χ3v) is 4.03. The first kappa shape index (κ1) is 12.5. The average molecular weight is 259 g/mol. The largest absolute Gasteiger partial charge is 0.335 e. The summed E-state index contributed by atoms with van der Waals surface area (Å²) in [5.74, 6) is 6.35. The quantitative estimate of drug-likeness (QED) is 0.630. The molecule has 0 unspecified atom stereocenters. The summed E-state index contributed by atoms with van der Waals surface area (Å²) in [6.07, 6.45) is 4.90. The average Bonchev–Trinajstić information content (AvgIpc) is 3.27. The Labute approximate surface area is 113 Å². The van der Waals surface area contributed by atoms with Gasteiger partial charge in [0.05, 0.1) is 5.69 Å². The van der Waals surface area contributed by atoms with E-state index in [1.807, 2.05) is 25.1 Å². The Morgan fingerprint density at radius 1 is 1.37 bits per heavy atom. The second-order valence-corrected chi connectivity index (χ2v) is 5.81. The van der Waals surface area contributed by atoms with E-state index in [4.69, 9.17) is 5.84 Å². The molecule has 2 fully saturated rings. The highest BCUT2D eigenvalue weighted by molar-refractivity contribution is 5.95. The van der Waals surface area contributed by atoms with Crippen LogP contribution in [0.4, 0.5) is 5.69 Å². The van der Waals surface area contributed by atoms with E-state index in [-0.39, 0.29) is 5.91 Å². The van der Waals surface area contributed by atoms with Crippen LogP contribution in [0.1, 0.15) is 41.6 Å². The Kier molecular flexibility index (Phi) is 3.19. The molecule has 4 nitrogen and oxygen atoms in total. The molecule has 0 aromatic heterocycles. The summed E-state index contributed by atoms with van der Waals surface area (Å²) in [5, 5.41) is 0. The van der Waals surface area contributed by atoms with Crippen LogP contribution in [0.2, 0.25) is 0 Å². The van der Waals surface area contributed by atoms with Gasteiger partial charge < -0.3 is 10.3 Å². The van der Waals surface area contributed by atoms with Gasteiger partial charge in [-0.15, -0.1) is 0 Å². The van der Waals surface area contributed by atoms with Crippen molar-refractivity contribution in [2.24, 2.45) is 11.8 Å². The van der Waals surface area contributed by atoms with E-state index >= 15 is 0 Å². The fourth-order valence-electron chi connectivity index (χ4n) is 2.49. The number of aryl methyl sites for hydroxylation is 1. The number of hydrazine groups is 1. The number of anilines is 1. The van der Waals surface area contributed by atoms with Crippen LogP contribution in [0.15, 0.2) is 18.2 Å². The minimum absolute atomic E-state index is 0.182. The lowest BCUT2D eigenvalue weighted by molar-refractivity contribution is 0.0734. The molecule has 0 radical (unpaired) electrons. The number of rotatable bonds is 5. The zero-order valence-electron chi connectivity index (χ0n) is 11.4. The molecule has 0 aliphatic heterocycles. The molecule has 0 atom stereocenters. The second kappa shape index (κ2) is 4.85. The van der Waals surface area contributed by atoms with E-state index in [0.29, 0.717) is 6.04 Å². The zero-order valence-corrected chi connectivity index (χ0v) is 11.4. The highest BCUT2D eigenvalue weighted by Gasteiger charge is 2.36. The first-order chi connectivity index (χ1) is 9.19. The van der Waals surface area contributed by atoms with Gasteiger partial charge in [0.2, 0.25) is 0 Å². The summed E-state index contributed by atoms with van der Waals surface area (Å²) in [5.41, 5.74) is 5.31. The first-order valence-electron chi connectivity index (χ1n) is 7.07. The van der Waals surface area contributed by atoms with Crippen LogP contribution in [0.25, 0.3) is 0 Å². The second-order valence-electron chi connectivity index (χ2n) is 5.81. The molecule has 2 aliphatic rings. The number of benzene rings is 1. The number of amides is 1. The van der Waals surface area contributed by atoms with E-state index in [9.17, 15) is 4.79 Å². The number of nitrogens with two attached hydrogens (primary N) is 1. The predicted molar refractivity (Wildman–Crippen MR) is 75.8 cm³/mol. The fraction of sp³-hybridized carbons (Fsp3) is 0.533. The van der Waals surface area contributed by atoms with E-state index in [0.717, 1.165) is 29.3 Å². The van der Waals surface area contributed by atoms with Gasteiger partial charge in [0.15, 0.2) is 0 Å². The Morgan fingerprint density at radius 2 is 2.11 bits per heavy atom. The topological polar surface area (TPSA) is 58.4 Å². The van der Waals surface area contributed by atoms with Crippen molar-refractivity contribution >= 4 is 11.6 Å². The normalized spacial score (nSPS) is 18.2. The Bertz CT molecular complexity index is 492. The number of hydrogen-bond donors (Lipinski definition) is 2. The number of carbonyl (C=O) groups is 1. The van der Waals surface area contributed by atoms with Gasteiger partial charge in [-0.3, -0.25) is 10.6 Å². The predicted octanol–water partition coefficient (Wildman–Crippen LogP) is 2.30. The van der Waals surface area contributed by atoms with E-state index in [1.54, 1.807) is 0 Å². The van der Waals surface area contributed by atoms with Crippen molar-refractivity contribution in [3.05, 3.63) is 29.3 Å². The van der Waals surface area contributed by atoms with Crippen LogP contribution in [0.3, 0.4) is 0 Å². The lowest BCUT2D eigenvalue weighted by Crippen LogP contribution is -2.35. The monoisotopic (exact) mass is 259 g/mol. The van der Waals surface area contributed by atoms with E-state index < -0.39 is 0 Å². The van der Waals surface area contributed by atoms with Gasteiger partial charge in [-0.1, -0.05) is 0 Å². The minimum atomic E-state index is 0.182. The molecule has 102 valence electrons. The summed E-state index contributed by atoms with van der Waals surface area (Å²) in [7, 11) is 0. The zero-order chi connectivity index (χ0) is 13.4. The molecule has 2 aliphatic carbocycles. The van der Waals surface area contributed by atoms with Crippen LogP contribution in [0, 0.1) is 12.8 Å². The van der Waals surface area contributed by atoms with Gasteiger partial charge in [-0.05, 0) is 62.3 Å². The van der Waals surface area contributed by atoms with Crippen molar-refractivity contribution in [1.82, 2.24) is 4.90 Å². The number of hydrogen-bond acceptors (Lipinski definition) is 3. The van der Waals surface area contributed by atoms with Crippen LogP contribution < -0.4 is 11.3 Å². The van der Waals surface area contributed by atoms with Crippen molar-refractivity contribution in [2.75, 3.05) is 12.0 Å². The van der Waals surface area contributed by atoms with Crippen LogP contribution in [0.5, 0.6) is 0 Å². The maximum Gasteiger partial charge on any atom is 0.254 e. The Balaban J connectivity index is 1.78. The number of carbonyl (C=O) groups excluding carboxylic acids is 1. The minimum Gasteiger partial charge on any atom is -0.335 e. The molecule has 0 heterocycles. The van der Waals surface area contributed by atoms with Gasteiger partial charge >= 0.3 is 0 Å². The lowest BCUT2D eigenvalue weighted by atomic mass is 10.1. The van der Waals surface area contributed by atoms with Crippen molar-refractivity contribution < 1.29 is 4.79 Å². The molecular weight excluding hydrogens is 238 g/mol. The molecule has 1 amide bonds. The molecule has 0 saturated heterocycles. The maximum absolute atomic E-state index is 12.6. The third kappa shape index (κ3) is 2.73. The van der Waals surface area contributed by atoms with Gasteiger partial charge in [0, 0.05) is 18.2 Å². The van der Waals surface area contributed by atoms with Crippen molar-refractivity contribution in [2.45, 2.75) is 38.6 Å². The molecule has 2 saturated carbocycles. The molecule has 1 aromatic carbocycles. The smallest absolute Gasteiger partial charge is 0.254 e. The summed E-state index contributed by atoms with van der Waals surface area (Å²) in [6.45, 7) is 2.91. The summed E-state index contributed by atoms with van der Waals surface area (Å²) in [4.78, 5) is 14.7. The Hall–Kier alpha value is -1.55. The first-order valence-corrected chi connectivity index (χ1v) is 7.07. The van der Waals surface area contributed by atoms with Gasteiger partial charge in [-0.25, -0.2) is 0 Å². The lowest BCUT2D eigenvalue weighted by Gasteiger charge is -2.23. The molecule has 1 aromatic rings. The van der Waals surface area contributed by atoms with Crippen LogP contribution in [-0.4, -0.2) is 23.4 Å². The van der Waals surface area contributed by atoms with Crippen LogP contribution >= 0.6 is 0 Å². The summed E-state index contributed by atoms with van der Waals surface area (Å²) >= 11 is 0. The Morgan fingerprint density at radius 3 is 2.63 bits per heavy atom. The third-order valence-electron chi connectivity index (χ3n) is 4.03. The number of nitrogens with zero attached hydrogens (tertiary/aromatic N) is 1. The van der Waals surface area contributed by atoms with E-state index in [2.05, 4.69) is 10.3 Å². The molecular formula is C15H21N3O. The highest BCUT2D eigenvalue weighted by atomic mass is 16.2. The van der Waals surface area contributed by atoms with Crippen molar-refractivity contribution in [3.8, 4) is 0 Å². The van der Waals surface area contributed by atoms with Gasteiger partial charge in [-0.2, -0.15) is 0 Å². The fourth-order valence-corrected chi connectivity index (χ4v) is 2.49. The molecule has 0 spiro atoms. The van der Waals surface area contributed by atoms with Gasteiger partial charge in [0.1, 0.15) is 0 Å². The highest BCUT2D eigenvalue weighted by Crippen LogP contribution is 2.35. The number of nitrogen functional groups attached to an aromatic ring is 1. The van der Waals surface area contributed by atoms with E-state index in [1.165, 1.54) is 25.7 Å². The molecule has 4 heteroatoms. The standard InChI is InChI=1S/C15H21N3O/c1-10-8-12(4-7-14(10)17-16)15(19)18(13-5-6-13)9-11-2-3-11/h4,7-8,11,13,17H,2-3,5-6,9,16H2,1H3. The molecule has 19 heavy (non-hydrogen) atoms. The van der Waals surface area contributed by atoms with Crippen molar-refractivity contribution in [1.29, 1.82) is 0 Å². The summed E-state index contributed by atoms with van der Waals surface area (Å²) in [6, 6.07) is 6.16. The SMILES string of the molecule is Cc1cc(C(=O)N(CC2CC2)C2CC2)ccc1NN. The molecule has 3 N–H and O–H groups in total. The number of nitrogens with one attached hydrogen (secondary N) is 1. The van der Waals surface area contributed by atoms with Gasteiger partial charge in [0.25, 0.3) is 5.91 Å². The molecule has 3 rings (SSSR count). The van der Waals surface area contributed by atoms with Crippen molar-refractivity contribution in [3.63, 3.8) is 0 Å². The maximum atomic E-state index is 12.6. The van der Waals surface area contributed by atoms with Crippen LogP contribution in [-0.2, 0) is 0 Å².